The Kier molecular flexibility index (Phi) is 6.59. The summed E-state index contributed by atoms with van der Waals surface area (Å²) in [5.74, 6) is -0.568. The highest BCUT2D eigenvalue weighted by Gasteiger charge is 2.34. The number of halogens is 5. The van der Waals surface area contributed by atoms with Gasteiger partial charge in [0.2, 0.25) is 0 Å². The van der Waals surface area contributed by atoms with E-state index in [4.69, 9.17) is 5.41 Å². The molecular weight excluding hydrogens is 430 g/mol. The quantitative estimate of drug-likeness (QED) is 0.241. The number of nitrogens with one attached hydrogen (secondary N) is 2. The first-order valence-corrected chi connectivity index (χ1v) is 8.93. The van der Waals surface area contributed by atoms with Crippen molar-refractivity contribution in [3.63, 3.8) is 0 Å². The molecule has 1 aromatic carbocycles. The molecule has 1 atom stereocenters. The Morgan fingerprint density at radius 3 is 2.59 bits per heavy atom. The van der Waals surface area contributed by atoms with Crippen LogP contribution in [-0.2, 0) is 0 Å². The lowest BCUT2D eigenvalue weighted by Crippen LogP contribution is -2.24. The number of allylic oxidation sites excluding steroid dienone is 2. The van der Waals surface area contributed by atoms with Crippen LogP contribution in [0.5, 0.6) is 0 Å². The molecule has 0 amide bonds. The van der Waals surface area contributed by atoms with Crippen LogP contribution in [0.4, 0.5) is 23.2 Å². The maximum atomic E-state index is 13.5. The molecule has 27 heavy (non-hydrogen) atoms. The number of benzene rings is 1. The van der Waals surface area contributed by atoms with E-state index in [0.717, 1.165) is 22.3 Å². The van der Waals surface area contributed by atoms with Crippen molar-refractivity contribution in [2.75, 3.05) is 11.9 Å². The smallest absolute Gasteiger partial charge is 0.389 e. The monoisotopic (exact) mass is 448 g/mol. The molecule has 1 aliphatic heterocycles. The highest BCUT2D eigenvalue weighted by Crippen LogP contribution is 2.30. The van der Waals surface area contributed by atoms with E-state index in [2.05, 4.69) is 21.2 Å². The van der Waals surface area contributed by atoms with E-state index in [0.29, 0.717) is 12.6 Å². The van der Waals surface area contributed by atoms with Gasteiger partial charge in [0.1, 0.15) is 23.6 Å². The molecule has 0 aromatic heterocycles. The van der Waals surface area contributed by atoms with E-state index in [1.807, 2.05) is 11.5 Å². The van der Waals surface area contributed by atoms with Gasteiger partial charge in [0.15, 0.2) is 6.21 Å². The zero-order valence-corrected chi connectivity index (χ0v) is 16.2. The molecule has 0 aliphatic carbocycles. The molecule has 3 N–H and O–H groups in total. The fraction of sp³-hybridized carbons (Fsp3) is 0.333. The van der Waals surface area contributed by atoms with E-state index in [1.165, 1.54) is 13.0 Å². The van der Waals surface area contributed by atoms with Crippen LogP contribution in [0.1, 0.15) is 31.9 Å². The summed E-state index contributed by atoms with van der Waals surface area (Å²) in [5.41, 5.74) is -0.165. The Hall–Kier alpha value is -2.00. The number of nitrogens with zero attached hydrogens (tertiary/aromatic N) is 1. The molecular formula is C18H19BrF4N3O+. The van der Waals surface area contributed by atoms with E-state index >= 15 is 0 Å². The van der Waals surface area contributed by atoms with Crippen LogP contribution in [-0.4, -0.2) is 34.3 Å². The third-order valence-corrected chi connectivity index (χ3v) is 4.90. The Bertz CT molecular complexity index is 841. The first-order chi connectivity index (χ1) is 12.5. The zero-order chi connectivity index (χ0) is 20.4. The summed E-state index contributed by atoms with van der Waals surface area (Å²) in [6.45, 7) is 4.06. The summed E-state index contributed by atoms with van der Waals surface area (Å²) in [4.78, 5) is 0. The summed E-state index contributed by atoms with van der Waals surface area (Å²) in [5, 5.41) is 19.9. The highest BCUT2D eigenvalue weighted by molar-refractivity contribution is 9.11. The first kappa shape index (κ1) is 21.3. The summed E-state index contributed by atoms with van der Waals surface area (Å²) >= 11 is 3.37. The Morgan fingerprint density at radius 2 is 2.07 bits per heavy atom. The summed E-state index contributed by atoms with van der Waals surface area (Å²) in [7, 11) is 0. The van der Waals surface area contributed by atoms with E-state index < -0.39 is 23.8 Å². The van der Waals surface area contributed by atoms with Gasteiger partial charge in [-0.05, 0) is 38.1 Å². The van der Waals surface area contributed by atoms with Gasteiger partial charge in [-0.15, -0.1) is 0 Å². The Labute approximate surface area is 162 Å². The Balaban J connectivity index is 2.36. The van der Waals surface area contributed by atoms with Crippen LogP contribution in [0, 0.1) is 11.2 Å². The van der Waals surface area contributed by atoms with Crippen LogP contribution < -0.4 is 5.32 Å². The number of alkyl halides is 3. The maximum absolute atomic E-state index is 13.5. The normalized spacial score (nSPS) is 16.0. The lowest BCUT2D eigenvalue weighted by atomic mass is 10.0. The topological polar surface area (TPSA) is 59.1 Å². The zero-order valence-electron chi connectivity index (χ0n) is 14.7. The van der Waals surface area contributed by atoms with Crippen molar-refractivity contribution in [2.24, 2.45) is 0 Å². The minimum Gasteiger partial charge on any atom is -0.389 e. The van der Waals surface area contributed by atoms with Crippen molar-refractivity contribution in [3.8, 4) is 0 Å². The number of hydrogen-bond acceptors (Lipinski definition) is 3. The molecule has 1 aromatic rings. The summed E-state index contributed by atoms with van der Waals surface area (Å²) in [6.07, 6.45) is -3.22. The predicted molar refractivity (Wildman–Crippen MR) is 100.0 cm³/mol. The second kappa shape index (κ2) is 8.35. The fourth-order valence-corrected chi connectivity index (χ4v) is 3.12. The molecule has 1 heterocycles. The molecule has 0 fully saturated rings. The van der Waals surface area contributed by atoms with Crippen LogP contribution in [0.2, 0.25) is 0 Å². The van der Waals surface area contributed by atoms with Crippen molar-refractivity contribution in [1.82, 2.24) is 0 Å². The van der Waals surface area contributed by atoms with Gasteiger partial charge in [0, 0.05) is 39.3 Å². The van der Waals surface area contributed by atoms with E-state index in [9.17, 15) is 22.7 Å². The van der Waals surface area contributed by atoms with Crippen molar-refractivity contribution in [3.05, 3.63) is 51.5 Å². The molecule has 4 nitrogen and oxygen atoms in total. The molecule has 146 valence electrons. The number of rotatable bonds is 7. The first-order valence-electron chi connectivity index (χ1n) is 8.14. The van der Waals surface area contributed by atoms with E-state index in [1.54, 1.807) is 6.21 Å². The molecule has 0 bridgehead atoms. The molecule has 0 saturated carbocycles. The van der Waals surface area contributed by atoms with Gasteiger partial charge < -0.3 is 10.4 Å². The fourth-order valence-electron chi connectivity index (χ4n) is 2.52. The average molecular weight is 449 g/mol. The number of hydrogen-bond donors (Lipinski definition) is 3. The van der Waals surface area contributed by atoms with Crippen LogP contribution in [0.15, 0.2) is 40.2 Å². The maximum Gasteiger partial charge on any atom is 0.432 e. The standard InChI is InChI=1S/C18H19BrF4N3O/c1-3-26-9-11(17(26)19)6-13(8-16(24)18(21,22)23)25-15-5-4-12(20)7-14(15)10(2)27/h4-5,7-10,24-25,27H,3,6H2,1-2H3/q+1/b13-8-,24-16?. The molecule has 0 radical (unpaired) electrons. The van der Waals surface area contributed by atoms with Crippen molar-refractivity contribution >= 4 is 33.5 Å². The molecule has 1 aliphatic rings. The predicted octanol–water partition coefficient (Wildman–Crippen LogP) is 4.87. The Morgan fingerprint density at radius 1 is 1.41 bits per heavy atom. The minimum absolute atomic E-state index is 0.102. The molecule has 9 heteroatoms. The lowest BCUT2D eigenvalue weighted by molar-refractivity contribution is -0.465. The van der Waals surface area contributed by atoms with Crippen molar-refractivity contribution in [1.29, 1.82) is 5.41 Å². The van der Waals surface area contributed by atoms with Gasteiger partial charge in [-0.1, -0.05) is 0 Å². The summed E-state index contributed by atoms with van der Waals surface area (Å²) < 4.78 is 54.5. The number of anilines is 1. The third kappa shape index (κ3) is 5.26. The minimum atomic E-state index is -4.78. The van der Waals surface area contributed by atoms with Crippen molar-refractivity contribution in [2.45, 2.75) is 32.5 Å². The van der Waals surface area contributed by atoms with Crippen molar-refractivity contribution < 1.29 is 27.2 Å². The van der Waals surface area contributed by atoms with Crippen LogP contribution in [0.25, 0.3) is 0 Å². The van der Waals surface area contributed by atoms with E-state index in [-0.39, 0.29) is 23.4 Å². The van der Waals surface area contributed by atoms with Gasteiger partial charge >= 0.3 is 6.18 Å². The number of aliphatic hydroxyl groups excluding tert-OH is 1. The van der Waals surface area contributed by atoms with Gasteiger partial charge in [-0.25, -0.2) is 4.39 Å². The van der Waals surface area contributed by atoms with Gasteiger partial charge in [-0.2, -0.15) is 17.7 Å². The van der Waals surface area contributed by atoms with Gasteiger partial charge in [0.05, 0.1) is 6.10 Å². The van der Waals surface area contributed by atoms with Crippen LogP contribution in [0.3, 0.4) is 0 Å². The van der Waals surface area contributed by atoms with Crippen LogP contribution >= 0.6 is 15.9 Å². The molecule has 2 rings (SSSR count). The number of aliphatic hydroxyl groups is 1. The SMILES string of the molecule is CC[N+]1=CC(C/C(=C/C(=N)C(F)(F)F)Nc2ccc(F)cc2C(C)O)=C1Br. The highest BCUT2D eigenvalue weighted by atomic mass is 79.9. The van der Waals surface area contributed by atoms with Gasteiger partial charge in [0.25, 0.3) is 4.61 Å². The third-order valence-electron chi connectivity index (χ3n) is 3.93. The van der Waals surface area contributed by atoms with Gasteiger partial charge in [-0.3, -0.25) is 5.41 Å². The molecule has 0 saturated heterocycles. The average Bonchev–Trinajstić information content (AvgIpc) is 2.57. The molecule has 0 spiro atoms. The summed E-state index contributed by atoms with van der Waals surface area (Å²) in [6, 6.07) is 3.60. The lowest BCUT2D eigenvalue weighted by Gasteiger charge is -2.19. The largest absolute Gasteiger partial charge is 0.432 e. The molecule has 1 unspecified atom stereocenters. The second-order valence-corrected chi connectivity index (χ2v) is 6.77. The second-order valence-electron chi connectivity index (χ2n) is 6.02.